The van der Waals surface area contributed by atoms with Crippen molar-refractivity contribution in [3.8, 4) is 0 Å². The van der Waals surface area contributed by atoms with Gasteiger partial charge in [0, 0.05) is 24.7 Å². The second-order valence-corrected chi connectivity index (χ2v) is 8.64. The lowest BCUT2D eigenvalue weighted by Gasteiger charge is -2.45. The van der Waals surface area contributed by atoms with Crippen LogP contribution in [0.3, 0.4) is 0 Å². The van der Waals surface area contributed by atoms with Crippen molar-refractivity contribution < 1.29 is 8.42 Å². The molecule has 0 aromatic rings. The summed E-state index contributed by atoms with van der Waals surface area (Å²) in [5, 5.41) is 0. The Kier molecular flexibility index (Phi) is 5.04. The fourth-order valence-electron chi connectivity index (χ4n) is 2.66. The van der Waals surface area contributed by atoms with Crippen LogP contribution in [0.5, 0.6) is 0 Å². The van der Waals surface area contributed by atoms with E-state index < -0.39 is 21.3 Å². The van der Waals surface area contributed by atoms with Gasteiger partial charge in [-0.2, -0.15) is 17.4 Å². The van der Waals surface area contributed by atoms with Crippen LogP contribution < -0.4 is 10.5 Å². The van der Waals surface area contributed by atoms with Gasteiger partial charge in [-0.3, -0.25) is 0 Å². The summed E-state index contributed by atoms with van der Waals surface area (Å²) in [5.41, 5.74) is 5.00. The number of nitrogens with one attached hydrogen (secondary N) is 1. The molecule has 114 valence electrons. The first-order valence-electron chi connectivity index (χ1n) is 7.00. The lowest BCUT2D eigenvalue weighted by molar-refractivity contribution is 0.133. The van der Waals surface area contributed by atoms with E-state index in [-0.39, 0.29) is 0 Å². The van der Waals surface area contributed by atoms with Crippen LogP contribution >= 0.6 is 0 Å². The molecule has 0 atom stereocenters. The molecule has 0 heterocycles. The van der Waals surface area contributed by atoms with Gasteiger partial charge < -0.3 is 5.73 Å². The summed E-state index contributed by atoms with van der Waals surface area (Å²) in [6.45, 7) is 8.12. The van der Waals surface area contributed by atoms with Crippen molar-refractivity contribution in [1.82, 2.24) is 9.03 Å². The van der Waals surface area contributed by atoms with Gasteiger partial charge in [0.2, 0.25) is 0 Å². The van der Waals surface area contributed by atoms with Crippen LogP contribution in [0.1, 0.15) is 53.4 Å². The number of rotatable bonds is 4. The first-order valence-corrected chi connectivity index (χ1v) is 8.44. The highest BCUT2D eigenvalue weighted by atomic mass is 32.2. The van der Waals surface area contributed by atoms with E-state index in [1.54, 1.807) is 7.05 Å². The number of nitrogens with two attached hydrogens (primary N) is 1. The molecule has 0 saturated heterocycles. The van der Waals surface area contributed by atoms with Crippen molar-refractivity contribution in [2.75, 3.05) is 13.6 Å². The summed E-state index contributed by atoms with van der Waals surface area (Å²) in [6.07, 6.45) is 3.75. The van der Waals surface area contributed by atoms with Crippen LogP contribution in [-0.2, 0) is 10.2 Å². The van der Waals surface area contributed by atoms with Crippen molar-refractivity contribution in [1.29, 1.82) is 0 Å². The largest absolute Gasteiger partial charge is 0.329 e. The molecule has 0 bridgehead atoms. The van der Waals surface area contributed by atoms with E-state index >= 15 is 0 Å². The molecule has 1 fully saturated rings. The lowest BCUT2D eigenvalue weighted by atomic mass is 9.77. The van der Waals surface area contributed by atoms with Crippen molar-refractivity contribution in [3.05, 3.63) is 0 Å². The third-order valence-electron chi connectivity index (χ3n) is 4.05. The zero-order valence-corrected chi connectivity index (χ0v) is 13.7. The van der Waals surface area contributed by atoms with Gasteiger partial charge >= 0.3 is 0 Å². The van der Waals surface area contributed by atoms with Crippen LogP contribution in [0.25, 0.3) is 0 Å². The molecular formula is C13H29N3O2S. The quantitative estimate of drug-likeness (QED) is 0.823. The second kappa shape index (κ2) is 5.68. The van der Waals surface area contributed by atoms with Gasteiger partial charge in [-0.1, -0.05) is 6.92 Å². The molecular weight excluding hydrogens is 262 g/mol. The second-order valence-electron chi connectivity index (χ2n) is 6.94. The van der Waals surface area contributed by atoms with Crippen LogP contribution in [-0.4, -0.2) is 37.4 Å². The number of hydrogen-bond acceptors (Lipinski definition) is 3. The Hall–Kier alpha value is -0.170. The Morgan fingerprint density at radius 3 is 2.16 bits per heavy atom. The highest BCUT2D eigenvalue weighted by Crippen LogP contribution is 2.36. The number of hydrogen-bond donors (Lipinski definition) is 2. The predicted octanol–water partition coefficient (Wildman–Crippen LogP) is 1.46. The van der Waals surface area contributed by atoms with Crippen molar-refractivity contribution in [2.24, 2.45) is 11.7 Å². The van der Waals surface area contributed by atoms with E-state index in [2.05, 4.69) is 11.6 Å². The van der Waals surface area contributed by atoms with E-state index in [1.807, 2.05) is 20.8 Å². The van der Waals surface area contributed by atoms with Crippen LogP contribution in [0, 0.1) is 5.92 Å². The highest BCUT2D eigenvalue weighted by molar-refractivity contribution is 7.87. The van der Waals surface area contributed by atoms with Gasteiger partial charge in [0.15, 0.2) is 0 Å². The molecule has 0 amide bonds. The fraction of sp³-hybridized carbons (Fsp3) is 1.00. The lowest BCUT2D eigenvalue weighted by Crippen LogP contribution is -2.60. The molecule has 0 aromatic heterocycles. The van der Waals surface area contributed by atoms with Gasteiger partial charge in [-0.15, -0.1) is 0 Å². The van der Waals surface area contributed by atoms with Gasteiger partial charge in [0.1, 0.15) is 0 Å². The Balaban J connectivity index is 2.93. The molecule has 0 unspecified atom stereocenters. The van der Waals surface area contributed by atoms with Gasteiger partial charge in [0.25, 0.3) is 10.2 Å². The van der Waals surface area contributed by atoms with Crippen molar-refractivity contribution in [3.63, 3.8) is 0 Å². The van der Waals surface area contributed by atoms with Crippen molar-refractivity contribution >= 4 is 10.2 Å². The summed E-state index contributed by atoms with van der Waals surface area (Å²) in [6, 6.07) is 0. The molecule has 1 aliphatic carbocycles. The number of likely N-dealkylation sites (N-methyl/N-ethyl adjacent to an activating group) is 1. The third kappa shape index (κ3) is 4.15. The minimum atomic E-state index is -3.50. The standard InChI is InChI=1S/C13H29N3O2S/c1-11-6-8-13(10-14,9-7-11)16(5)19(17,18)15-12(2,3)4/h11,15H,6-10,14H2,1-5H3. The van der Waals surface area contributed by atoms with Gasteiger partial charge in [-0.05, 0) is 52.4 Å². The Morgan fingerprint density at radius 1 is 1.32 bits per heavy atom. The van der Waals surface area contributed by atoms with E-state index in [0.717, 1.165) is 25.7 Å². The summed E-state index contributed by atoms with van der Waals surface area (Å²) in [5.74, 6) is 0.659. The third-order valence-corrected chi connectivity index (χ3v) is 6.03. The zero-order valence-electron chi connectivity index (χ0n) is 12.9. The van der Waals surface area contributed by atoms with Crippen LogP contribution in [0.2, 0.25) is 0 Å². The normalized spacial score (nSPS) is 29.7. The molecule has 3 N–H and O–H groups in total. The smallest absolute Gasteiger partial charge is 0.280 e. The number of nitrogens with zero attached hydrogens (tertiary/aromatic N) is 1. The molecule has 0 radical (unpaired) electrons. The van der Waals surface area contributed by atoms with Gasteiger partial charge in [-0.25, -0.2) is 0 Å². The molecule has 1 saturated carbocycles. The summed E-state index contributed by atoms with van der Waals surface area (Å²) in [4.78, 5) is 0. The maximum atomic E-state index is 12.5. The maximum absolute atomic E-state index is 12.5. The Labute approximate surface area is 118 Å². The molecule has 0 aromatic carbocycles. The van der Waals surface area contributed by atoms with Crippen LogP contribution in [0.15, 0.2) is 0 Å². The first kappa shape index (κ1) is 16.9. The predicted molar refractivity (Wildman–Crippen MR) is 79.0 cm³/mol. The molecule has 1 rings (SSSR count). The molecule has 1 aliphatic rings. The molecule has 19 heavy (non-hydrogen) atoms. The highest BCUT2D eigenvalue weighted by Gasteiger charge is 2.42. The monoisotopic (exact) mass is 291 g/mol. The minimum Gasteiger partial charge on any atom is -0.329 e. The maximum Gasteiger partial charge on any atom is 0.280 e. The van der Waals surface area contributed by atoms with Gasteiger partial charge in [0.05, 0.1) is 0 Å². The Bertz CT molecular complexity index is 393. The van der Waals surface area contributed by atoms with E-state index in [1.165, 1.54) is 4.31 Å². The van der Waals surface area contributed by atoms with E-state index in [0.29, 0.717) is 12.5 Å². The molecule has 0 aliphatic heterocycles. The molecule has 5 nitrogen and oxygen atoms in total. The first-order chi connectivity index (χ1) is 8.52. The Morgan fingerprint density at radius 2 is 1.79 bits per heavy atom. The molecule has 0 spiro atoms. The minimum absolute atomic E-state index is 0.376. The SMILES string of the molecule is CC1CCC(CN)(N(C)S(=O)(=O)NC(C)(C)C)CC1. The average Bonchev–Trinajstić information content (AvgIpc) is 2.26. The fourth-order valence-corrected chi connectivity index (χ4v) is 4.34. The van der Waals surface area contributed by atoms with E-state index in [4.69, 9.17) is 5.73 Å². The van der Waals surface area contributed by atoms with Crippen molar-refractivity contribution in [2.45, 2.75) is 64.5 Å². The van der Waals surface area contributed by atoms with Crippen LogP contribution in [0.4, 0.5) is 0 Å². The topological polar surface area (TPSA) is 75.4 Å². The molecule has 6 heteroatoms. The van der Waals surface area contributed by atoms with E-state index in [9.17, 15) is 8.42 Å². The summed E-state index contributed by atoms with van der Waals surface area (Å²) < 4.78 is 29.1. The average molecular weight is 291 g/mol. The summed E-state index contributed by atoms with van der Waals surface area (Å²) in [7, 11) is -1.85. The zero-order chi connectivity index (χ0) is 14.9. The summed E-state index contributed by atoms with van der Waals surface area (Å²) >= 11 is 0.